The largest absolute Gasteiger partial charge is 0.493 e. The van der Waals surface area contributed by atoms with Crippen LogP contribution in [0.5, 0.6) is 11.5 Å². The van der Waals surface area contributed by atoms with E-state index in [1.807, 2.05) is 36.4 Å². The van der Waals surface area contributed by atoms with Gasteiger partial charge in [0.2, 0.25) is 5.91 Å². The molecule has 7 heteroatoms. The van der Waals surface area contributed by atoms with Crippen molar-refractivity contribution in [3.05, 3.63) is 95.6 Å². The number of ether oxygens (including phenoxy) is 2. The van der Waals surface area contributed by atoms with Gasteiger partial charge in [0.1, 0.15) is 0 Å². The fraction of sp³-hybridized carbons (Fsp3) is 0.160. The summed E-state index contributed by atoms with van der Waals surface area (Å²) in [7, 11) is 3.08. The molecule has 0 aliphatic carbocycles. The van der Waals surface area contributed by atoms with Crippen LogP contribution in [0.3, 0.4) is 0 Å². The van der Waals surface area contributed by atoms with Gasteiger partial charge in [0.25, 0.3) is 5.91 Å². The molecule has 0 aliphatic rings. The second-order valence-corrected chi connectivity index (χ2v) is 6.88. The number of carbonyl (C=O) groups is 2. The van der Waals surface area contributed by atoms with Crippen LogP contribution in [0.4, 0.5) is 0 Å². The number of methoxy groups -OCH3 is 2. The topological polar surface area (TPSA) is 89.0 Å². The molecule has 0 fully saturated rings. The van der Waals surface area contributed by atoms with Crippen molar-refractivity contribution >= 4 is 18.0 Å². The molecule has 0 unspecified atom stereocenters. The zero-order chi connectivity index (χ0) is 22.8. The van der Waals surface area contributed by atoms with Crippen LogP contribution in [0.1, 0.15) is 33.9 Å². The average molecular weight is 431 g/mol. The number of nitrogens with zero attached hydrogens (tertiary/aromatic N) is 1. The number of carbonyl (C=O) groups excluding carboxylic acids is 2. The van der Waals surface area contributed by atoms with Gasteiger partial charge in [-0.25, -0.2) is 5.43 Å². The highest BCUT2D eigenvalue weighted by Crippen LogP contribution is 2.29. The summed E-state index contributed by atoms with van der Waals surface area (Å²) < 4.78 is 10.6. The number of benzene rings is 3. The van der Waals surface area contributed by atoms with Crippen molar-refractivity contribution in [3.63, 3.8) is 0 Å². The normalized spacial score (nSPS) is 11.6. The van der Waals surface area contributed by atoms with E-state index in [-0.39, 0.29) is 18.2 Å². The quantitative estimate of drug-likeness (QED) is 0.399. The lowest BCUT2D eigenvalue weighted by atomic mass is 10.0. The van der Waals surface area contributed by atoms with E-state index in [1.54, 1.807) is 49.6 Å². The van der Waals surface area contributed by atoms with Crippen LogP contribution in [0.15, 0.2) is 84.0 Å². The lowest BCUT2D eigenvalue weighted by Gasteiger charge is -2.18. The molecule has 0 aromatic heterocycles. The highest BCUT2D eigenvalue weighted by atomic mass is 16.5. The van der Waals surface area contributed by atoms with Crippen molar-refractivity contribution in [2.75, 3.05) is 14.2 Å². The van der Waals surface area contributed by atoms with Crippen molar-refractivity contribution in [3.8, 4) is 11.5 Å². The lowest BCUT2D eigenvalue weighted by Crippen LogP contribution is -2.32. The molecule has 2 N–H and O–H groups in total. The predicted molar refractivity (Wildman–Crippen MR) is 123 cm³/mol. The number of para-hydroxylation sites is 1. The van der Waals surface area contributed by atoms with Crippen molar-refractivity contribution in [2.45, 2.75) is 12.5 Å². The van der Waals surface area contributed by atoms with Crippen LogP contribution < -0.4 is 20.2 Å². The summed E-state index contributed by atoms with van der Waals surface area (Å²) >= 11 is 0. The van der Waals surface area contributed by atoms with Crippen LogP contribution in [-0.2, 0) is 4.79 Å². The minimum atomic E-state index is -0.509. The minimum absolute atomic E-state index is 0.0230. The standard InChI is InChI=1S/C25H25N3O4/c1-31-22-15-9-14-20(24(22)32-2)17-26-28-23(29)16-21(18-10-5-3-6-11-18)27-25(30)19-12-7-4-8-13-19/h3-15,17,21H,16H2,1-2H3,(H,27,30)(H,28,29)/b26-17-/t21-/m1/s1. The van der Waals surface area contributed by atoms with Gasteiger partial charge in [0, 0.05) is 11.1 Å². The van der Waals surface area contributed by atoms with Crippen molar-refractivity contribution in [1.29, 1.82) is 0 Å². The molecule has 164 valence electrons. The number of hydrogen-bond acceptors (Lipinski definition) is 5. The molecule has 3 aromatic rings. The third kappa shape index (κ3) is 5.95. The maximum absolute atomic E-state index is 12.6. The maximum Gasteiger partial charge on any atom is 0.251 e. The van der Waals surface area contributed by atoms with E-state index in [1.165, 1.54) is 13.3 Å². The van der Waals surface area contributed by atoms with Gasteiger partial charge in [-0.2, -0.15) is 5.10 Å². The molecule has 0 aliphatic heterocycles. The Labute approximate surface area is 187 Å². The number of hydrazone groups is 1. The highest BCUT2D eigenvalue weighted by Gasteiger charge is 2.19. The molecule has 0 saturated carbocycles. The first kappa shape index (κ1) is 22.6. The van der Waals surface area contributed by atoms with Gasteiger partial charge in [-0.05, 0) is 29.8 Å². The summed E-state index contributed by atoms with van der Waals surface area (Å²) in [5, 5.41) is 6.97. The highest BCUT2D eigenvalue weighted by molar-refractivity contribution is 5.94. The van der Waals surface area contributed by atoms with Crippen LogP contribution >= 0.6 is 0 Å². The second kappa shape index (κ2) is 11.3. The SMILES string of the molecule is COc1cccc(/C=N\NC(=O)C[C@@H](NC(=O)c2ccccc2)c2ccccc2)c1OC. The van der Waals surface area contributed by atoms with Crippen molar-refractivity contribution < 1.29 is 19.1 Å². The van der Waals surface area contributed by atoms with E-state index >= 15 is 0 Å². The monoisotopic (exact) mass is 431 g/mol. The van der Waals surface area contributed by atoms with E-state index in [0.29, 0.717) is 22.6 Å². The molecular weight excluding hydrogens is 406 g/mol. The first-order valence-electron chi connectivity index (χ1n) is 10.1. The van der Waals surface area contributed by atoms with Crippen molar-refractivity contribution in [2.24, 2.45) is 5.10 Å². The molecule has 0 spiro atoms. The third-order valence-corrected chi connectivity index (χ3v) is 4.76. The second-order valence-electron chi connectivity index (χ2n) is 6.88. The van der Waals surface area contributed by atoms with Crippen LogP contribution in [0.2, 0.25) is 0 Å². The molecule has 7 nitrogen and oxygen atoms in total. The molecule has 0 radical (unpaired) electrons. The maximum atomic E-state index is 12.6. The van der Waals surface area contributed by atoms with Crippen LogP contribution in [0, 0.1) is 0 Å². The Morgan fingerprint density at radius 1 is 0.906 bits per heavy atom. The summed E-state index contributed by atoms with van der Waals surface area (Å²) in [5.41, 5.74) is 4.52. The summed E-state index contributed by atoms with van der Waals surface area (Å²) in [6, 6.07) is 23.1. The first-order chi connectivity index (χ1) is 15.6. The van der Waals surface area contributed by atoms with E-state index in [2.05, 4.69) is 15.8 Å². The molecule has 32 heavy (non-hydrogen) atoms. The molecular formula is C25H25N3O4. The number of rotatable bonds is 9. The van der Waals surface area contributed by atoms with E-state index in [0.717, 1.165) is 5.56 Å². The zero-order valence-electron chi connectivity index (χ0n) is 17.9. The fourth-order valence-electron chi connectivity index (χ4n) is 3.19. The van der Waals surface area contributed by atoms with Gasteiger partial charge in [-0.3, -0.25) is 9.59 Å². The van der Waals surface area contributed by atoms with Gasteiger partial charge in [-0.15, -0.1) is 0 Å². The van der Waals surface area contributed by atoms with Gasteiger partial charge in [0.15, 0.2) is 11.5 Å². The number of hydrogen-bond donors (Lipinski definition) is 2. The van der Waals surface area contributed by atoms with Gasteiger partial charge in [-0.1, -0.05) is 54.6 Å². The van der Waals surface area contributed by atoms with Gasteiger partial charge < -0.3 is 14.8 Å². The predicted octanol–water partition coefficient (Wildman–Crippen LogP) is 3.72. The Bertz CT molecular complexity index is 1070. The van der Waals surface area contributed by atoms with Crippen molar-refractivity contribution in [1.82, 2.24) is 10.7 Å². The molecule has 0 bridgehead atoms. The molecule has 0 heterocycles. The molecule has 3 aromatic carbocycles. The first-order valence-corrected chi connectivity index (χ1v) is 10.1. The van der Waals surface area contributed by atoms with Gasteiger partial charge in [0.05, 0.1) is 32.9 Å². The Kier molecular flexibility index (Phi) is 7.97. The zero-order valence-corrected chi connectivity index (χ0v) is 17.9. The molecule has 0 saturated heterocycles. The summed E-state index contributed by atoms with van der Waals surface area (Å²) in [5.74, 6) is 0.489. The van der Waals surface area contributed by atoms with Gasteiger partial charge >= 0.3 is 0 Å². The number of nitrogens with one attached hydrogen (secondary N) is 2. The average Bonchev–Trinajstić information content (AvgIpc) is 2.84. The van der Waals surface area contributed by atoms with Crippen LogP contribution in [-0.4, -0.2) is 32.2 Å². The van der Waals surface area contributed by atoms with E-state index in [4.69, 9.17) is 9.47 Å². The smallest absolute Gasteiger partial charge is 0.251 e. The summed E-state index contributed by atoms with van der Waals surface area (Å²) in [4.78, 5) is 25.2. The van der Waals surface area contributed by atoms with E-state index in [9.17, 15) is 9.59 Å². The molecule has 1 atom stereocenters. The Morgan fingerprint density at radius 3 is 2.25 bits per heavy atom. The Hall–Kier alpha value is -4.13. The third-order valence-electron chi connectivity index (χ3n) is 4.76. The van der Waals surface area contributed by atoms with Crippen LogP contribution in [0.25, 0.3) is 0 Å². The molecule has 3 rings (SSSR count). The fourth-order valence-corrected chi connectivity index (χ4v) is 3.19. The Balaban J connectivity index is 1.69. The Morgan fingerprint density at radius 2 is 1.59 bits per heavy atom. The number of amides is 2. The molecule has 2 amide bonds. The minimum Gasteiger partial charge on any atom is -0.493 e. The lowest BCUT2D eigenvalue weighted by molar-refractivity contribution is -0.121. The summed E-state index contributed by atoms with van der Waals surface area (Å²) in [6.07, 6.45) is 1.51. The van der Waals surface area contributed by atoms with E-state index < -0.39 is 6.04 Å². The summed E-state index contributed by atoms with van der Waals surface area (Å²) in [6.45, 7) is 0.